The lowest BCUT2D eigenvalue weighted by atomic mass is 9.89. The van der Waals surface area contributed by atoms with Crippen molar-refractivity contribution in [2.75, 3.05) is 6.54 Å². The quantitative estimate of drug-likeness (QED) is 0.683. The molecule has 0 aromatic rings. The van der Waals surface area contributed by atoms with Gasteiger partial charge in [-0.05, 0) is 43.9 Å². The topological polar surface area (TPSA) is 61.4 Å². The molecule has 2 saturated heterocycles. The van der Waals surface area contributed by atoms with E-state index < -0.39 is 0 Å². The zero-order valence-electron chi connectivity index (χ0n) is 12.2. The van der Waals surface area contributed by atoms with Gasteiger partial charge in [-0.2, -0.15) is 0 Å². The molecule has 2 aliphatic rings. The summed E-state index contributed by atoms with van der Waals surface area (Å²) in [6.45, 7) is 4.59. The number of aliphatic hydroxyl groups is 1. The molecule has 3 N–H and O–H groups in total. The van der Waals surface area contributed by atoms with Crippen LogP contribution >= 0.6 is 0 Å². The number of carbonyl (C=O) groups is 1. The van der Waals surface area contributed by atoms with Crippen molar-refractivity contribution in [2.45, 2.75) is 70.6 Å². The van der Waals surface area contributed by atoms with Gasteiger partial charge in [-0.15, -0.1) is 0 Å². The molecule has 0 aliphatic carbocycles. The molecule has 3 unspecified atom stereocenters. The predicted octanol–water partition coefficient (Wildman–Crippen LogP) is 1.43. The maximum atomic E-state index is 11.9. The van der Waals surface area contributed by atoms with Gasteiger partial charge in [0.2, 0.25) is 5.91 Å². The lowest BCUT2D eigenvalue weighted by molar-refractivity contribution is -0.122. The average molecular weight is 268 g/mol. The number of nitrogens with one attached hydrogen (secondary N) is 2. The van der Waals surface area contributed by atoms with E-state index in [1.165, 1.54) is 12.8 Å². The first-order valence-electron chi connectivity index (χ1n) is 7.75. The van der Waals surface area contributed by atoms with E-state index >= 15 is 0 Å². The van der Waals surface area contributed by atoms with E-state index in [9.17, 15) is 9.90 Å². The first kappa shape index (κ1) is 14.8. The first-order chi connectivity index (χ1) is 9.04. The number of aliphatic hydroxyl groups excluding tert-OH is 1. The monoisotopic (exact) mass is 268 g/mol. The van der Waals surface area contributed by atoms with E-state index in [0.717, 1.165) is 12.8 Å². The molecule has 1 amide bonds. The van der Waals surface area contributed by atoms with Gasteiger partial charge in [0.1, 0.15) is 0 Å². The minimum Gasteiger partial charge on any atom is -0.393 e. The highest BCUT2D eigenvalue weighted by molar-refractivity contribution is 5.76. The first-order valence-corrected chi connectivity index (χ1v) is 7.75. The van der Waals surface area contributed by atoms with Crippen molar-refractivity contribution in [3.05, 3.63) is 0 Å². The summed E-state index contributed by atoms with van der Waals surface area (Å²) in [5.41, 5.74) is 0. The molecule has 19 heavy (non-hydrogen) atoms. The molecule has 2 bridgehead atoms. The van der Waals surface area contributed by atoms with Crippen LogP contribution in [0, 0.1) is 11.8 Å². The Morgan fingerprint density at radius 3 is 2.53 bits per heavy atom. The van der Waals surface area contributed by atoms with E-state index in [-0.39, 0.29) is 17.9 Å². The van der Waals surface area contributed by atoms with Crippen LogP contribution in [0.2, 0.25) is 0 Å². The van der Waals surface area contributed by atoms with Crippen molar-refractivity contribution in [3.8, 4) is 0 Å². The fraction of sp³-hybridized carbons (Fsp3) is 0.933. The molecule has 2 fully saturated rings. The van der Waals surface area contributed by atoms with Crippen LogP contribution in [-0.2, 0) is 4.79 Å². The summed E-state index contributed by atoms with van der Waals surface area (Å²) < 4.78 is 0. The van der Waals surface area contributed by atoms with Gasteiger partial charge in [0, 0.05) is 25.0 Å². The van der Waals surface area contributed by atoms with Gasteiger partial charge in [-0.3, -0.25) is 4.79 Å². The highest BCUT2D eigenvalue weighted by Crippen LogP contribution is 2.32. The van der Waals surface area contributed by atoms with Gasteiger partial charge < -0.3 is 15.7 Å². The summed E-state index contributed by atoms with van der Waals surface area (Å²) in [5, 5.41) is 16.2. The van der Waals surface area contributed by atoms with Crippen molar-refractivity contribution >= 4 is 5.91 Å². The second-order valence-corrected chi connectivity index (χ2v) is 6.63. The van der Waals surface area contributed by atoms with Gasteiger partial charge >= 0.3 is 0 Å². The molecule has 0 aromatic carbocycles. The third kappa shape index (κ3) is 4.46. The molecule has 0 spiro atoms. The Morgan fingerprint density at radius 2 is 1.95 bits per heavy atom. The molecule has 110 valence electrons. The molecular formula is C15H28N2O2. The highest BCUT2D eigenvalue weighted by atomic mass is 16.3. The Kier molecular flexibility index (Phi) is 5.22. The van der Waals surface area contributed by atoms with Crippen molar-refractivity contribution in [1.82, 2.24) is 10.6 Å². The SMILES string of the molecule is CC(C)C(O)CCNC(=O)CC1CC2CCC(C1)N2. The van der Waals surface area contributed by atoms with E-state index in [2.05, 4.69) is 10.6 Å². The number of carbonyl (C=O) groups excluding carboxylic acids is 1. The molecule has 4 nitrogen and oxygen atoms in total. The predicted molar refractivity (Wildman–Crippen MR) is 75.8 cm³/mol. The number of rotatable bonds is 6. The van der Waals surface area contributed by atoms with Crippen molar-refractivity contribution in [1.29, 1.82) is 0 Å². The van der Waals surface area contributed by atoms with Crippen LogP contribution in [0.4, 0.5) is 0 Å². The summed E-state index contributed by atoms with van der Waals surface area (Å²) in [7, 11) is 0. The molecule has 0 aromatic heterocycles. The molecule has 3 atom stereocenters. The second kappa shape index (κ2) is 6.71. The zero-order valence-corrected chi connectivity index (χ0v) is 12.2. The third-order valence-corrected chi connectivity index (χ3v) is 4.58. The minimum atomic E-state index is -0.310. The summed E-state index contributed by atoms with van der Waals surface area (Å²) >= 11 is 0. The molecule has 2 aliphatic heterocycles. The second-order valence-electron chi connectivity index (χ2n) is 6.63. The van der Waals surface area contributed by atoms with Gasteiger partial charge in [-0.1, -0.05) is 13.8 Å². The van der Waals surface area contributed by atoms with E-state index in [4.69, 9.17) is 0 Å². The maximum absolute atomic E-state index is 11.9. The maximum Gasteiger partial charge on any atom is 0.220 e. The molecule has 4 heteroatoms. The van der Waals surface area contributed by atoms with E-state index in [1.54, 1.807) is 0 Å². The average Bonchev–Trinajstić information content (AvgIpc) is 2.68. The van der Waals surface area contributed by atoms with Gasteiger partial charge in [0.15, 0.2) is 0 Å². The number of fused-ring (bicyclic) bond motifs is 2. The lowest BCUT2D eigenvalue weighted by Gasteiger charge is -2.28. The Hall–Kier alpha value is -0.610. The summed E-state index contributed by atoms with van der Waals surface area (Å²) in [4.78, 5) is 11.9. The molecule has 2 heterocycles. The molecule has 2 rings (SSSR count). The Labute approximate surface area is 116 Å². The molecule has 0 saturated carbocycles. The standard InChI is InChI=1S/C15H28N2O2/c1-10(2)14(18)5-6-16-15(19)9-11-7-12-3-4-13(8-11)17-12/h10-14,17-18H,3-9H2,1-2H3,(H,16,19). The Morgan fingerprint density at radius 1 is 1.32 bits per heavy atom. The number of amides is 1. The van der Waals surface area contributed by atoms with Gasteiger partial charge in [0.25, 0.3) is 0 Å². The smallest absolute Gasteiger partial charge is 0.220 e. The normalized spacial score (nSPS) is 31.5. The van der Waals surface area contributed by atoms with E-state index in [1.807, 2.05) is 13.8 Å². The van der Waals surface area contributed by atoms with Gasteiger partial charge in [-0.25, -0.2) is 0 Å². The van der Waals surface area contributed by atoms with Crippen LogP contribution < -0.4 is 10.6 Å². The Balaban J connectivity index is 1.62. The number of hydrogen-bond acceptors (Lipinski definition) is 3. The lowest BCUT2D eigenvalue weighted by Crippen LogP contribution is -2.40. The number of hydrogen-bond donors (Lipinski definition) is 3. The summed E-state index contributed by atoms with van der Waals surface area (Å²) in [5.74, 6) is 0.966. The van der Waals surface area contributed by atoms with Crippen LogP contribution in [0.3, 0.4) is 0 Å². The van der Waals surface area contributed by atoms with Crippen LogP contribution in [0.15, 0.2) is 0 Å². The van der Waals surface area contributed by atoms with Gasteiger partial charge in [0.05, 0.1) is 6.10 Å². The van der Waals surface area contributed by atoms with Crippen molar-refractivity contribution in [3.63, 3.8) is 0 Å². The molecule has 0 radical (unpaired) electrons. The van der Waals surface area contributed by atoms with Crippen LogP contribution in [0.1, 0.15) is 52.4 Å². The summed E-state index contributed by atoms with van der Waals surface area (Å²) in [6.07, 6.45) is 5.87. The van der Waals surface area contributed by atoms with Crippen LogP contribution in [0.25, 0.3) is 0 Å². The van der Waals surface area contributed by atoms with Crippen LogP contribution in [0.5, 0.6) is 0 Å². The molecular weight excluding hydrogens is 240 g/mol. The fourth-order valence-corrected chi connectivity index (χ4v) is 3.37. The minimum absolute atomic E-state index is 0.155. The van der Waals surface area contributed by atoms with E-state index in [0.29, 0.717) is 37.4 Å². The third-order valence-electron chi connectivity index (χ3n) is 4.58. The largest absolute Gasteiger partial charge is 0.393 e. The highest BCUT2D eigenvalue weighted by Gasteiger charge is 2.34. The number of piperidine rings is 1. The summed E-state index contributed by atoms with van der Waals surface area (Å²) in [6, 6.07) is 1.30. The van der Waals surface area contributed by atoms with Crippen molar-refractivity contribution < 1.29 is 9.90 Å². The van der Waals surface area contributed by atoms with Crippen LogP contribution in [-0.4, -0.2) is 35.7 Å². The fourth-order valence-electron chi connectivity index (χ4n) is 3.37. The van der Waals surface area contributed by atoms with Crippen molar-refractivity contribution in [2.24, 2.45) is 11.8 Å². The zero-order chi connectivity index (χ0) is 13.8. The Bertz CT molecular complexity index is 295.